The van der Waals surface area contributed by atoms with E-state index in [1.54, 1.807) is 13.8 Å². The molecule has 0 bridgehead atoms. The van der Waals surface area contributed by atoms with Crippen molar-refractivity contribution in [2.45, 2.75) is 45.1 Å². The number of halogens is 1. The molecule has 3 amide bonds. The van der Waals surface area contributed by atoms with Gasteiger partial charge in [0.05, 0.1) is 7.11 Å². The van der Waals surface area contributed by atoms with E-state index in [-0.39, 0.29) is 17.3 Å². The van der Waals surface area contributed by atoms with Gasteiger partial charge < -0.3 is 20.7 Å². The number of nitrogens with one attached hydrogen (secondary N) is 3. The fourth-order valence-corrected chi connectivity index (χ4v) is 2.92. The smallest absolute Gasteiger partial charge is 0.320 e. The summed E-state index contributed by atoms with van der Waals surface area (Å²) in [6.45, 7) is 3.89. The van der Waals surface area contributed by atoms with Crippen molar-refractivity contribution in [3.63, 3.8) is 0 Å². The van der Waals surface area contributed by atoms with Gasteiger partial charge in [-0.1, -0.05) is 12.8 Å². The molecule has 0 unspecified atom stereocenters. The van der Waals surface area contributed by atoms with Crippen LogP contribution in [-0.4, -0.2) is 31.1 Å². The molecule has 1 aromatic carbocycles. The molecule has 0 aromatic heterocycles. The zero-order valence-corrected chi connectivity index (χ0v) is 14.9. The monoisotopic (exact) mass is 351 g/mol. The van der Waals surface area contributed by atoms with Crippen LogP contribution in [0.2, 0.25) is 0 Å². The Hall–Kier alpha value is -2.31. The van der Waals surface area contributed by atoms with Crippen molar-refractivity contribution in [1.82, 2.24) is 10.6 Å². The Morgan fingerprint density at radius 3 is 2.56 bits per heavy atom. The Morgan fingerprint density at radius 2 is 1.96 bits per heavy atom. The number of rotatable bonds is 6. The molecular formula is C18H26FN3O3. The van der Waals surface area contributed by atoms with Gasteiger partial charge in [-0.15, -0.1) is 0 Å². The van der Waals surface area contributed by atoms with E-state index in [4.69, 9.17) is 4.74 Å². The summed E-state index contributed by atoms with van der Waals surface area (Å²) in [4.78, 5) is 24.4. The molecule has 25 heavy (non-hydrogen) atoms. The van der Waals surface area contributed by atoms with Crippen LogP contribution in [0.15, 0.2) is 18.2 Å². The lowest BCUT2D eigenvalue weighted by Crippen LogP contribution is -2.56. The first-order valence-corrected chi connectivity index (χ1v) is 8.53. The second kappa shape index (κ2) is 8.18. The normalized spacial score (nSPS) is 14.9. The van der Waals surface area contributed by atoms with Crippen LogP contribution in [0.1, 0.15) is 39.5 Å². The standard InChI is InChI=1S/C18H26FN3O3/c1-18(2,16(23)20-11-12-6-4-5-7-12)22-17(24)21-13-8-9-15(25-3)14(19)10-13/h8-10,12H,4-7,11H2,1-3H3,(H,20,23)(H2,21,22,24). The summed E-state index contributed by atoms with van der Waals surface area (Å²) < 4.78 is 18.5. The van der Waals surface area contributed by atoms with E-state index in [0.29, 0.717) is 12.5 Å². The van der Waals surface area contributed by atoms with Gasteiger partial charge in [-0.05, 0) is 44.7 Å². The molecule has 0 spiro atoms. The minimum Gasteiger partial charge on any atom is -0.494 e. The third-order valence-corrected chi connectivity index (χ3v) is 4.43. The van der Waals surface area contributed by atoms with Crippen LogP contribution in [-0.2, 0) is 4.79 Å². The zero-order chi connectivity index (χ0) is 18.4. The van der Waals surface area contributed by atoms with Crippen molar-refractivity contribution in [2.75, 3.05) is 19.0 Å². The summed E-state index contributed by atoms with van der Waals surface area (Å²) in [5.41, 5.74) is -0.800. The number of benzene rings is 1. The molecule has 0 heterocycles. The first-order valence-electron chi connectivity index (χ1n) is 8.53. The summed E-state index contributed by atoms with van der Waals surface area (Å²) >= 11 is 0. The Labute approximate surface area is 147 Å². The Balaban J connectivity index is 1.86. The first kappa shape index (κ1) is 19.0. The number of carbonyl (C=O) groups is 2. The van der Waals surface area contributed by atoms with Gasteiger partial charge in [0.25, 0.3) is 0 Å². The molecule has 1 saturated carbocycles. The molecule has 7 heteroatoms. The molecule has 138 valence electrons. The van der Waals surface area contributed by atoms with E-state index in [0.717, 1.165) is 18.9 Å². The predicted octanol–water partition coefficient (Wildman–Crippen LogP) is 3.04. The van der Waals surface area contributed by atoms with Crippen molar-refractivity contribution >= 4 is 17.6 Å². The van der Waals surface area contributed by atoms with Crippen molar-refractivity contribution < 1.29 is 18.7 Å². The highest BCUT2D eigenvalue weighted by Crippen LogP contribution is 2.24. The van der Waals surface area contributed by atoms with E-state index < -0.39 is 17.4 Å². The van der Waals surface area contributed by atoms with E-state index in [9.17, 15) is 14.0 Å². The quantitative estimate of drug-likeness (QED) is 0.737. The molecule has 0 radical (unpaired) electrons. The number of ether oxygens (including phenoxy) is 1. The Bertz CT molecular complexity index is 628. The Morgan fingerprint density at radius 1 is 1.28 bits per heavy atom. The van der Waals surface area contributed by atoms with Gasteiger partial charge in [0.2, 0.25) is 5.91 Å². The van der Waals surface area contributed by atoms with E-state index in [1.165, 1.54) is 32.1 Å². The SMILES string of the molecule is COc1ccc(NC(=O)NC(C)(C)C(=O)NCC2CCCC2)cc1F. The third-order valence-electron chi connectivity index (χ3n) is 4.43. The lowest BCUT2D eigenvalue weighted by Gasteiger charge is -2.26. The van der Waals surface area contributed by atoms with Crippen LogP contribution in [0.25, 0.3) is 0 Å². The van der Waals surface area contributed by atoms with Gasteiger partial charge >= 0.3 is 6.03 Å². The van der Waals surface area contributed by atoms with Crippen molar-refractivity contribution in [3.8, 4) is 5.75 Å². The highest BCUT2D eigenvalue weighted by atomic mass is 19.1. The maximum absolute atomic E-state index is 13.7. The van der Waals surface area contributed by atoms with Crippen LogP contribution < -0.4 is 20.7 Å². The summed E-state index contributed by atoms with van der Waals surface area (Å²) in [6, 6.07) is 3.52. The molecule has 2 rings (SSSR count). The molecule has 0 atom stereocenters. The van der Waals surface area contributed by atoms with Crippen LogP contribution in [0, 0.1) is 11.7 Å². The number of hydrogen-bond donors (Lipinski definition) is 3. The predicted molar refractivity (Wildman–Crippen MR) is 94.2 cm³/mol. The summed E-state index contributed by atoms with van der Waals surface area (Å²) in [7, 11) is 1.37. The van der Waals surface area contributed by atoms with Crippen molar-refractivity contribution in [2.24, 2.45) is 5.92 Å². The lowest BCUT2D eigenvalue weighted by molar-refractivity contribution is -0.126. The van der Waals surface area contributed by atoms with E-state index in [1.807, 2.05) is 0 Å². The van der Waals surface area contributed by atoms with Crippen LogP contribution in [0.4, 0.5) is 14.9 Å². The average Bonchev–Trinajstić information content (AvgIpc) is 3.05. The fraction of sp³-hybridized carbons (Fsp3) is 0.556. The average molecular weight is 351 g/mol. The minimum atomic E-state index is -1.08. The maximum Gasteiger partial charge on any atom is 0.320 e. The fourth-order valence-electron chi connectivity index (χ4n) is 2.92. The van der Waals surface area contributed by atoms with Crippen LogP contribution in [0.5, 0.6) is 5.75 Å². The number of carbonyl (C=O) groups excluding carboxylic acids is 2. The lowest BCUT2D eigenvalue weighted by atomic mass is 10.0. The highest BCUT2D eigenvalue weighted by Gasteiger charge is 2.30. The van der Waals surface area contributed by atoms with Gasteiger partial charge in [0.1, 0.15) is 5.54 Å². The molecule has 6 nitrogen and oxygen atoms in total. The summed E-state index contributed by atoms with van der Waals surface area (Å²) in [6.07, 6.45) is 4.70. The Kier molecular flexibility index (Phi) is 6.22. The second-order valence-electron chi connectivity index (χ2n) is 6.91. The number of anilines is 1. The van der Waals surface area contributed by atoms with Gasteiger partial charge in [-0.2, -0.15) is 0 Å². The summed E-state index contributed by atoms with van der Waals surface area (Å²) in [5.74, 6) is -0.197. The molecular weight excluding hydrogens is 325 g/mol. The number of urea groups is 1. The molecule has 0 saturated heterocycles. The van der Waals surface area contributed by atoms with Gasteiger partial charge in [-0.25, -0.2) is 9.18 Å². The van der Waals surface area contributed by atoms with Gasteiger partial charge in [-0.3, -0.25) is 4.79 Å². The van der Waals surface area contributed by atoms with Gasteiger partial charge in [0, 0.05) is 18.3 Å². The summed E-state index contributed by atoms with van der Waals surface area (Å²) in [5, 5.41) is 8.03. The topological polar surface area (TPSA) is 79.5 Å². The van der Waals surface area contributed by atoms with Crippen LogP contribution in [0.3, 0.4) is 0 Å². The number of amides is 3. The molecule has 1 aliphatic rings. The van der Waals surface area contributed by atoms with Crippen LogP contribution >= 0.6 is 0 Å². The molecule has 1 fully saturated rings. The third kappa shape index (κ3) is 5.34. The van der Waals surface area contributed by atoms with Crippen molar-refractivity contribution in [3.05, 3.63) is 24.0 Å². The minimum absolute atomic E-state index is 0.0950. The maximum atomic E-state index is 13.7. The first-order chi connectivity index (χ1) is 11.8. The van der Waals surface area contributed by atoms with Crippen molar-refractivity contribution in [1.29, 1.82) is 0 Å². The number of hydrogen-bond acceptors (Lipinski definition) is 3. The molecule has 1 aromatic rings. The number of methoxy groups -OCH3 is 1. The van der Waals surface area contributed by atoms with Gasteiger partial charge in [0.15, 0.2) is 11.6 Å². The molecule has 1 aliphatic carbocycles. The molecule has 0 aliphatic heterocycles. The van der Waals surface area contributed by atoms with E-state index >= 15 is 0 Å². The highest BCUT2D eigenvalue weighted by molar-refractivity contribution is 5.95. The largest absolute Gasteiger partial charge is 0.494 e. The molecule has 3 N–H and O–H groups in total. The second-order valence-corrected chi connectivity index (χ2v) is 6.91. The van der Waals surface area contributed by atoms with E-state index in [2.05, 4.69) is 16.0 Å². The zero-order valence-electron chi connectivity index (χ0n) is 14.9.